The summed E-state index contributed by atoms with van der Waals surface area (Å²) in [6, 6.07) is 5.68. The van der Waals surface area contributed by atoms with E-state index in [1.54, 1.807) is 4.68 Å². The van der Waals surface area contributed by atoms with Gasteiger partial charge >= 0.3 is 0 Å². The van der Waals surface area contributed by atoms with Crippen LogP contribution < -0.4 is 5.32 Å². The molecule has 1 aromatic heterocycles. The molecule has 0 fully saturated rings. The number of hydrogen-bond donors (Lipinski definition) is 1. The molecule has 1 N–H and O–H groups in total. The molecule has 0 saturated carbocycles. The molecule has 0 atom stereocenters. The Morgan fingerprint density at radius 2 is 2.27 bits per heavy atom. The number of anilines is 1. The summed E-state index contributed by atoms with van der Waals surface area (Å²) in [5.41, 5.74) is 1.76. The summed E-state index contributed by atoms with van der Waals surface area (Å²) in [6.45, 7) is 1.49. The average molecular weight is 268 g/mol. The topological polar surface area (TPSA) is 46.9 Å². The second-order valence-corrected chi connectivity index (χ2v) is 4.08. The third kappa shape index (κ3) is 1.87. The number of fused-ring (bicyclic) bond motifs is 1. The zero-order valence-electron chi connectivity index (χ0n) is 8.41. The molecule has 1 heterocycles. The van der Waals surface area contributed by atoms with Gasteiger partial charge in [0.15, 0.2) is 0 Å². The number of amides is 1. The SMILES string of the molecule is CC(=O)Nc1ccc2c(Br)nn(C)c2c1. The van der Waals surface area contributed by atoms with Gasteiger partial charge in [0.1, 0.15) is 4.60 Å². The summed E-state index contributed by atoms with van der Waals surface area (Å²) in [5.74, 6) is -0.0735. The normalized spacial score (nSPS) is 10.6. The second kappa shape index (κ2) is 3.66. The van der Waals surface area contributed by atoms with Crippen LogP contribution in [0.25, 0.3) is 10.9 Å². The van der Waals surface area contributed by atoms with Gasteiger partial charge in [-0.25, -0.2) is 0 Å². The number of hydrogen-bond acceptors (Lipinski definition) is 2. The lowest BCUT2D eigenvalue weighted by atomic mass is 10.2. The van der Waals surface area contributed by atoms with Gasteiger partial charge in [0.2, 0.25) is 5.91 Å². The van der Waals surface area contributed by atoms with Crippen LogP contribution in [-0.4, -0.2) is 15.7 Å². The van der Waals surface area contributed by atoms with Crippen LogP contribution in [0.1, 0.15) is 6.92 Å². The largest absolute Gasteiger partial charge is 0.326 e. The van der Waals surface area contributed by atoms with Gasteiger partial charge < -0.3 is 5.32 Å². The van der Waals surface area contributed by atoms with E-state index in [-0.39, 0.29) is 5.91 Å². The zero-order valence-corrected chi connectivity index (χ0v) is 10.00. The second-order valence-electron chi connectivity index (χ2n) is 3.33. The molecule has 0 radical (unpaired) electrons. The van der Waals surface area contributed by atoms with Gasteiger partial charge in [-0.2, -0.15) is 5.10 Å². The zero-order chi connectivity index (χ0) is 11.0. The maximum absolute atomic E-state index is 10.9. The Morgan fingerprint density at radius 3 is 2.93 bits per heavy atom. The highest BCUT2D eigenvalue weighted by molar-refractivity contribution is 9.10. The maximum Gasteiger partial charge on any atom is 0.221 e. The number of carbonyl (C=O) groups excluding carboxylic acids is 1. The van der Waals surface area contributed by atoms with E-state index < -0.39 is 0 Å². The summed E-state index contributed by atoms with van der Waals surface area (Å²) >= 11 is 3.37. The Hall–Kier alpha value is -1.36. The van der Waals surface area contributed by atoms with Crippen LogP contribution >= 0.6 is 15.9 Å². The molecule has 0 spiro atoms. The number of halogens is 1. The van der Waals surface area contributed by atoms with Crippen molar-refractivity contribution in [3.63, 3.8) is 0 Å². The molecule has 0 saturated heterocycles. The molecule has 5 heteroatoms. The quantitative estimate of drug-likeness (QED) is 0.862. The summed E-state index contributed by atoms with van der Waals surface area (Å²) in [7, 11) is 1.87. The fourth-order valence-corrected chi connectivity index (χ4v) is 2.07. The maximum atomic E-state index is 10.9. The first-order valence-corrected chi connectivity index (χ1v) is 5.27. The molecule has 78 valence electrons. The Bertz CT molecular complexity index is 533. The fourth-order valence-electron chi connectivity index (χ4n) is 1.49. The van der Waals surface area contributed by atoms with Crippen LogP contribution in [0.5, 0.6) is 0 Å². The Labute approximate surface area is 95.4 Å². The highest BCUT2D eigenvalue weighted by atomic mass is 79.9. The molecule has 0 unspecified atom stereocenters. The van der Waals surface area contributed by atoms with Crippen LogP contribution in [0.2, 0.25) is 0 Å². The lowest BCUT2D eigenvalue weighted by Gasteiger charge is -2.02. The van der Waals surface area contributed by atoms with Crippen molar-refractivity contribution in [1.29, 1.82) is 0 Å². The molecule has 0 aliphatic heterocycles. The smallest absolute Gasteiger partial charge is 0.221 e. The van der Waals surface area contributed by atoms with E-state index >= 15 is 0 Å². The van der Waals surface area contributed by atoms with Crippen LogP contribution in [-0.2, 0) is 11.8 Å². The van der Waals surface area contributed by atoms with Gasteiger partial charge in [-0.3, -0.25) is 9.48 Å². The number of nitrogens with zero attached hydrogens (tertiary/aromatic N) is 2. The molecule has 0 bridgehead atoms. The van der Waals surface area contributed by atoms with Crippen molar-refractivity contribution in [2.45, 2.75) is 6.92 Å². The van der Waals surface area contributed by atoms with Gasteiger partial charge in [-0.1, -0.05) is 0 Å². The number of benzene rings is 1. The van der Waals surface area contributed by atoms with Crippen molar-refractivity contribution < 1.29 is 4.79 Å². The molecule has 1 amide bonds. The van der Waals surface area contributed by atoms with Gasteiger partial charge in [-0.15, -0.1) is 0 Å². The molecular weight excluding hydrogens is 258 g/mol. The van der Waals surface area contributed by atoms with E-state index in [4.69, 9.17) is 0 Å². The highest BCUT2D eigenvalue weighted by Gasteiger charge is 2.06. The molecular formula is C10H10BrN3O. The van der Waals surface area contributed by atoms with Crippen LogP contribution in [0, 0.1) is 0 Å². The first-order chi connectivity index (χ1) is 7.08. The predicted octanol–water partition coefficient (Wildman–Crippen LogP) is 2.29. The third-order valence-electron chi connectivity index (χ3n) is 2.13. The Kier molecular flexibility index (Phi) is 2.48. The molecule has 2 aromatic rings. The molecule has 0 aliphatic carbocycles. The van der Waals surface area contributed by atoms with Crippen molar-refractivity contribution >= 4 is 38.4 Å². The number of carbonyl (C=O) groups is 1. The predicted molar refractivity (Wildman–Crippen MR) is 62.7 cm³/mol. The minimum Gasteiger partial charge on any atom is -0.326 e. The van der Waals surface area contributed by atoms with Crippen LogP contribution in [0.3, 0.4) is 0 Å². The van der Waals surface area contributed by atoms with Crippen LogP contribution in [0.15, 0.2) is 22.8 Å². The summed E-state index contributed by atoms with van der Waals surface area (Å²) in [6.07, 6.45) is 0. The first-order valence-electron chi connectivity index (χ1n) is 4.48. The number of nitrogens with one attached hydrogen (secondary N) is 1. The lowest BCUT2D eigenvalue weighted by molar-refractivity contribution is -0.114. The van der Waals surface area contributed by atoms with E-state index in [2.05, 4.69) is 26.3 Å². The molecule has 1 aromatic carbocycles. The summed E-state index contributed by atoms with van der Waals surface area (Å²) in [4.78, 5) is 10.9. The molecule has 4 nitrogen and oxygen atoms in total. The fraction of sp³-hybridized carbons (Fsp3) is 0.200. The Morgan fingerprint density at radius 1 is 1.53 bits per heavy atom. The van der Waals surface area contributed by atoms with Crippen molar-refractivity contribution in [3.8, 4) is 0 Å². The van der Waals surface area contributed by atoms with E-state index in [0.29, 0.717) is 0 Å². The highest BCUT2D eigenvalue weighted by Crippen LogP contribution is 2.25. The molecule has 15 heavy (non-hydrogen) atoms. The number of rotatable bonds is 1. The van der Waals surface area contributed by atoms with Gasteiger partial charge in [0.05, 0.1) is 5.52 Å². The average Bonchev–Trinajstić information content (AvgIpc) is 2.41. The summed E-state index contributed by atoms with van der Waals surface area (Å²) in [5, 5.41) is 8.00. The standard InChI is InChI=1S/C10H10BrN3O/c1-6(15)12-7-3-4-8-9(5-7)14(2)13-10(8)11/h3-5H,1-2H3,(H,12,15). The minimum atomic E-state index is -0.0735. The minimum absolute atomic E-state index is 0.0735. The van der Waals surface area contributed by atoms with Crippen molar-refractivity contribution in [2.24, 2.45) is 7.05 Å². The molecule has 0 aliphatic rings. The van der Waals surface area contributed by atoms with E-state index in [1.165, 1.54) is 6.92 Å². The van der Waals surface area contributed by atoms with Gasteiger partial charge in [0.25, 0.3) is 0 Å². The van der Waals surface area contributed by atoms with Crippen molar-refractivity contribution in [1.82, 2.24) is 9.78 Å². The number of aromatic nitrogens is 2. The molecule has 2 rings (SSSR count). The van der Waals surface area contributed by atoms with Crippen molar-refractivity contribution in [3.05, 3.63) is 22.8 Å². The van der Waals surface area contributed by atoms with E-state index in [9.17, 15) is 4.79 Å². The lowest BCUT2D eigenvalue weighted by Crippen LogP contribution is -2.05. The van der Waals surface area contributed by atoms with Crippen molar-refractivity contribution in [2.75, 3.05) is 5.32 Å². The van der Waals surface area contributed by atoms with Gasteiger partial charge in [-0.05, 0) is 34.1 Å². The van der Waals surface area contributed by atoms with E-state index in [0.717, 1.165) is 21.2 Å². The van der Waals surface area contributed by atoms with Crippen LogP contribution in [0.4, 0.5) is 5.69 Å². The monoisotopic (exact) mass is 267 g/mol. The summed E-state index contributed by atoms with van der Waals surface area (Å²) < 4.78 is 2.58. The first kappa shape index (κ1) is 10.2. The van der Waals surface area contributed by atoms with Gasteiger partial charge in [0, 0.05) is 25.0 Å². The van der Waals surface area contributed by atoms with E-state index in [1.807, 2.05) is 25.2 Å². The number of aryl methyl sites for hydroxylation is 1. The Balaban J connectivity index is 2.55. The third-order valence-corrected chi connectivity index (χ3v) is 2.71.